The van der Waals surface area contributed by atoms with Gasteiger partial charge in [-0.1, -0.05) is 6.92 Å². The predicted octanol–water partition coefficient (Wildman–Crippen LogP) is 2.34. The topological polar surface area (TPSA) is 15.3 Å². The van der Waals surface area contributed by atoms with Crippen LogP contribution in [-0.4, -0.2) is 47.1 Å². The molecular formula is C13H26N2S. The molecule has 4 atom stereocenters. The Morgan fingerprint density at radius 2 is 2.12 bits per heavy atom. The minimum atomic E-state index is 0.675. The van der Waals surface area contributed by atoms with Crippen LogP contribution in [0.5, 0.6) is 0 Å². The number of nitrogens with one attached hydrogen (secondary N) is 1. The van der Waals surface area contributed by atoms with Crippen molar-refractivity contribution < 1.29 is 0 Å². The Kier molecular flexibility index (Phi) is 4.57. The molecule has 16 heavy (non-hydrogen) atoms. The zero-order chi connectivity index (χ0) is 11.5. The molecule has 4 unspecified atom stereocenters. The van der Waals surface area contributed by atoms with E-state index < -0.39 is 0 Å². The van der Waals surface area contributed by atoms with E-state index >= 15 is 0 Å². The maximum absolute atomic E-state index is 3.57. The Bertz CT molecular complexity index is 222. The molecular weight excluding hydrogens is 216 g/mol. The predicted molar refractivity (Wildman–Crippen MR) is 73.2 cm³/mol. The highest BCUT2D eigenvalue weighted by atomic mass is 32.2. The van der Waals surface area contributed by atoms with Gasteiger partial charge in [-0.2, -0.15) is 11.8 Å². The summed E-state index contributed by atoms with van der Waals surface area (Å²) in [6.07, 6.45) is 4.29. The van der Waals surface area contributed by atoms with E-state index in [0.29, 0.717) is 6.04 Å². The van der Waals surface area contributed by atoms with Crippen molar-refractivity contribution in [2.45, 2.75) is 63.4 Å². The van der Waals surface area contributed by atoms with Crippen molar-refractivity contribution in [2.75, 3.05) is 18.8 Å². The highest BCUT2D eigenvalue weighted by Gasteiger charge is 2.34. The van der Waals surface area contributed by atoms with Gasteiger partial charge in [0, 0.05) is 36.5 Å². The van der Waals surface area contributed by atoms with Crippen molar-refractivity contribution in [2.24, 2.45) is 0 Å². The molecule has 0 radical (unpaired) electrons. The summed E-state index contributed by atoms with van der Waals surface area (Å²) in [4.78, 5) is 2.76. The van der Waals surface area contributed by atoms with Crippen molar-refractivity contribution in [1.29, 1.82) is 0 Å². The minimum Gasteiger partial charge on any atom is -0.311 e. The Hall–Kier alpha value is 0.270. The van der Waals surface area contributed by atoms with E-state index in [9.17, 15) is 0 Å². The Labute approximate surface area is 105 Å². The van der Waals surface area contributed by atoms with Gasteiger partial charge in [-0.15, -0.1) is 0 Å². The molecule has 94 valence electrons. The van der Waals surface area contributed by atoms with Crippen LogP contribution in [0.25, 0.3) is 0 Å². The Morgan fingerprint density at radius 3 is 2.88 bits per heavy atom. The van der Waals surface area contributed by atoms with Crippen molar-refractivity contribution in [3.8, 4) is 0 Å². The minimum absolute atomic E-state index is 0.675. The monoisotopic (exact) mass is 242 g/mol. The van der Waals surface area contributed by atoms with Gasteiger partial charge in [0.25, 0.3) is 0 Å². The smallest absolute Gasteiger partial charge is 0.0196 e. The molecule has 1 N–H and O–H groups in total. The molecule has 1 saturated carbocycles. The summed E-state index contributed by atoms with van der Waals surface area (Å²) in [5.41, 5.74) is 0. The zero-order valence-corrected chi connectivity index (χ0v) is 11.7. The maximum Gasteiger partial charge on any atom is 0.0196 e. The lowest BCUT2D eigenvalue weighted by atomic mass is 10.1. The first-order chi connectivity index (χ1) is 7.70. The van der Waals surface area contributed by atoms with E-state index in [1.54, 1.807) is 0 Å². The van der Waals surface area contributed by atoms with Gasteiger partial charge in [0.2, 0.25) is 0 Å². The number of hydrogen-bond donors (Lipinski definition) is 1. The van der Waals surface area contributed by atoms with Gasteiger partial charge >= 0.3 is 0 Å². The molecule has 3 heteroatoms. The third-order valence-electron chi connectivity index (χ3n) is 4.04. The molecule has 1 heterocycles. The summed E-state index contributed by atoms with van der Waals surface area (Å²) in [6.45, 7) is 9.39. The van der Waals surface area contributed by atoms with E-state index in [4.69, 9.17) is 0 Å². The van der Waals surface area contributed by atoms with Crippen LogP contribution in [0.15, 0.2) is 0 Å². The summed E-state index contributed by atoms with van der Waals surface area (Å²) in [5, 5.41) is 4.51. The first-order valence-corrected chi connectivity index (χ1v) is 7.86. The average Bonchev–Trinajstić information content (AvgIpc) is 2.71. The lowest BCUT2D eigenvalue weighted by Crippen LogP contribution is -2.57. The zero-order valence-electron chi connectivity index (χ0n) is 10.9. The molecule has 2 aliphatic rings. The van der Waals surface area contributed by atoms with Crippen LogP contribution in [-0.2, 0) is 0 Å². The lowest BCUT2D eigenvalue weighted by molar-refractivity contribution is 0.0978. The Balaban J connectivity index is 1.87. The molecule has 0 spiro atoms. The van der Waals surface area contributed by atoms with Crippen LogP contribution in [0.2, 0.25) is 0 Å². The van der Waals surface area contributed by atoms with Crippen LogP contribution in [0.3, 0.4) is 0 Å². The summed E-state index contributed by atoms with van der Waals surface area (Å²) in [7, 11) is 0. The van der Waals surface area contributed by atoms with Crippen LogP contribution in [0, 0.1) is 0 Å². The Morgan fingerprint density at radius 1 is 1.31 bits per heavy atom. The number of nitrogens with zero attached hydrogens (tertiary/aromatic N) is 1. The summed E-state index contributed by atoms with van der Waals surface area (Å²) < 4.78 is 0. The van der Waals surface area contributed by atoms with Crippen LogP contribution in [0.1, 0.15) is 40.0 Å². The summed E-state index contributed by atoms with van der Waals surface area (Å²) in [6, 6.07) is 2.27. The van der Waals surface area contributed by atoms with E-state index in [0.717, 1.165) is 17.3 Å². The fourth-order valence-electron chi connectivity index (χ4n) is 3.16. The standard InChI is InChI=1S/C13H26N2S/c1-4-16-13-6-5-12(7-13)15-9-10(2)14-8-11(15)3/h10-14H,4-9H2,1-3H3. The van der Waals surface area contributed by atoms with Gasteiger partial charge in [0.05, 0.1) is 0 Å². The summed E-state index contributed by atoms with van der Waals surface area (Å²) >= 11 is 2.17. The normalized spacial score (nSPS) is 41.4. The molecule has 2 fully saturated rings. The van der Waals surface area contributed by atoms with E-state index in [2.05, 4.69) is 42.7 Å². The van der Waals surface area contributed by atoms with E-state index in [-0.39, 0.29) is 0 Å². The molecule has 1 aliphatic heterocycles. The molecule has 0 amide bonds. The van der Waals surface area contributed by atoms with E-state index in [1.165, 1.54) is 38.1 Å². The maximum atomic E-state index is 3.57. The van der Waals surface area contributed by atoms with Gasteiger partial charge in [0.1, 0.15) is 0 Å². The molecule has 0 bridgehead atoms. The van der Waals surface area contributed by atoms with Crippen LogP contribution < -0.4 is 5.32 Å². The second-order valence-electron chi connectivity index (χ2n) is 5.40. The molecule has 2 rings (SSSR count). The summed E-state index contributed by atoms with van der Waals surface area (Å²) in [5.74, 6) is 1.28. The quantitative estimate of drug-likeness (QED) is 0.818. The van der Waals surface area contributed by atoms with Crippen LogP contribution >= 0.6 is 11.8 Å². The number of hydrogen-bond acceptors (Lipinski definition) is 3. The molecule has 1 saturated heterocycles. The van der Waals surface area contributed by atoms with Crippen molar-refractivity contribution in [3.63, 3.8) is 0 Å². The van der Waals surface area contributed by atoms with Gasteiger partial charge in [-0.05, 0) is 38.9 Å². The second-order valence-corrected chi connectivity index (χ2v) is 6.98. The van der Waals surface area contributed by atoms with Gasteiger partial charge < -0.3 is 5.32 Å². The van der Waals surface area contributed by atoms with Crippen LogP contribution in [0.4, 0.5) is 0 Å². The highest BCUT2D eigenvalue weighted by Crippen LogP contribution is 2.33. The third kappa shape index (κ3) is 2.93. The number of rotatable bonds is 3. The molecule has 2 nitrogen and oxygen atoms in total. The molecule has 1 aliphatic carbocycles. The SMILES string of the molecule is CCSC1CCC(N2CC(C)NCC2C)C1. The number of thioether (sulfide) groups is 1. The first-order valence-electron chi connectivity index (χ1n) is 6.81. The van der Waals surface area contributed by atoms with Crippen molar-refractivity contribution in [3.05, 3.63) is 0 Å². The van der Waals surface area contributed by atoms with Crippen molar-refractivity contribution in [1.82, 2.24) is 10.2 Å². The highest BCUT2D eigenvalue weighted by molar-refractivity contribution is 7.99. The molecule has 0 aromatic rings. The van der Waals surface area contributed by atoms with Gasteiger partial charge in [0.15, 0.2) is 0 Å². The number of piperazine rings is 1. The average molecular weight is 242 g/mol. The van der Waals surface area contributed by atoms with Crippen molar-refractivity contribution >= 4 is 11.8 Å². The fourth-order valence-corrected chi connectivity index (χ4v) is 4.30. The lowest BCUT2D eigenvalue weighted by Gasteiger charge is -2.41. The molecule has 0 aromatic heterocycles. The molecule has 0 aromatic carbocycles. The second kappa shape index (κ2) is 5.74. The van der Waals surface area contributed by atoms with Gasteiger partial charge in [-0.25, -0.2) is 0 Å². The fraction of sp³-hybridized carbons (Fsp3) is 1.00. The first kappa shape index (κ1) is 12.7. The van der Waals surface area contributed by atoms with E-state index in [1.807, 2.05) is 0 Å². The van der Waals surface area contributed by atoms with Gasteiger partial charge in [-0.3, -0.25) is 4.90 Å². The third-order valence-corrected chi connectivity index (χ3v) is 5.27. The largest absolute Gasteiger partial charge is 0.311 e.